The summed E-state index contributed by atoms with van der Waals surface area (Å²) in [6, 6.07) is 4.95. The molecule has 1 aromatic carbocycles. The summed E-state index contributed by atoms with van der Waals surface area (Å²) in [4.78, 5) is 38.6. The van der Waals surface area contributed by atoms with Crippen molar-refractivity contribution in [1.82, 2.24) is 4.98 Å². The van der Waals surface area contributed by atoms with Crippen LogP contribution in [0.5, 0.6) is 11.5 Å². The van der Waals surface area contributed by atoms with Crippen molar-refractivity contribution in [2.24, 2.45) is 5.41 Å². The number of methoxy groups -OCH3 is 2. The van der Waals surface area contributed by atoms with Crippen LogP contribution in [0.2, 0.25) is 0 Å². The number of rotatable bonds is 6. The predicted molar refractivity (Wildman–Crippen MR) is 99.4 cm³/mol. The maximum Gasteiger partial charge on any atom is 0.312 e. The second-order valence-corrected chi connectivity index (χ2v) is 8.08. The zero-order chi connectivity index (χ0) is 19.8. The van der Waals surface area contributed by atoms with Gasteiger partial charge in [-0.05, 0) is 17.7 Å². The lowest BCUT2D eigenvalue weighted by Gasteiger charge is -2.39. The first-order valence-electron chi connectivity index (χ1n) is 7.85. The lowest BCUT2D eigenvalue weighted by Crippen LogP contribution is -2.44. The molecule has 1 aliphatic heterocycles. The molecule has 0 spiro atoms. The van der Waals surface area contributed by atoms with Gasteiger partial charge in [0.2, 0.25) is 0 Å². The SMILES string of the molecule is COc1ccc([C@H]2c3sc(=O)[nH]c3SC[C@]2(CC(=O)O)C(=O)O)cc1OC. The van der Waals surface area contributed by atoms with Gasteiger partial charge >= 0.3 is 16.8 Å². The summed E-state index contributed by atoms with van der Waals surface area (Å²) in [7, 11) is 2.94. The summed E-state index contributed by atoms with van der Waals surface area (Å²) in [5, 5.41) is 20.0. The third kappa shape index (κ3) is 3.30. The fourth-order valence-electron chi connectivity index (χ4n) is 3.35. The number of ether oxygens (including phenoxy) is 2. The van der Waals surface area contributed by atoms with E-state index >= 15 is 0 Å². The number of thiazole rings is 1. The summed E-state index contributed by atoms with van der Waals surface area (Å²) in [5.74, 6) is -2.36. The minimum Gasteiger partial charge on any atom is -0.493 e. The monoisotopic (exact) mass is 411 g/mol. The van der Waals surface area contributed by atoms with Crippen LogP contribution in [0.4, 0.5) is 0 Å². The molecule has 27 heavy (non-hydrogen) atoms. The van der Waals surface area contributed by atoms with Crippen LogP contribution in [0, 0.1) is 5.41 Å². The molecule has 0 saturated carbocycles. The van der Waals surface area contributed by atoms with Gasteiger partial charge in [0.05, 0.1) is 31.1 Å². The molecular weight excluding hydrogens is 394 g/mol. The number of carboxylic acid groups (broad SMARTS) is 2. The number of aromatic amines is 1. The third-order valence-electron chi connectivity index (χ3n) is 4.56. The van der Waals surface area contributed by atoms with Crippen LogP contribution in [0.15, 0.2) is 28.0 Å². The average molecular weight is 411 g/mol. The molecule has 0 aliphatic carbocycles. The minimum absolute atomic E-state index is 0.0211. The molecule has 0 amide bonds. The van der Waals surface area contributed by atoms with Crippen LogP contribution in [0.1, 0.15) is 22.8 Å². The molecule has 1 aromatic heterocycles. The van der Waals surface area contributed by atoms with Gasteiger partial charge in [-0.3, -0.25) is 14.4 Å². The summed E-state index contributed by atoms with van der Waals surface area (Å²) < 4.78 is 10.5. The van der Waals surface area contributed by atoms with Crippen molar-refractivity contribution in [3.8, 4) is 11.5 Å². The zero-order valence-corrected chi connectivity index (χ0v) is 16.1. The Labute approximate surface area is 162 Å². The molecule has 8 nitrogen and oxygen atoms in total. The van der Waals surface area contributed by atoms with Gasteiger partial charge in [-0.15, -0.1) is 11.8 Å². The number of fused-ring (bicyclic) bond motifs is 1. The Balaban J connectivity index is 2.26. The lowest BCUT2D eigenvalue weighted by molar-refractivity contribution is -0.155. The number of thioether (sulfide) groups is 1. The molecule has 0 bridgehead atoms. The summed E-state index contributed by atoms with van der Waals surface area (Å²) >= 11 is 2.06. The van der Waals surface area contributed by atoms with E-state index in [0.717, 1.165) is 23.1 Å². The topological polar surface area (TPSA) is 126 Å². The Morgan fingerprint density at radius 1 is 1.26 bits per heavy atom. The second kappa shape index (κ2) is 7.28. The maximum atomic E-state index is 12.3. The molecule has 144 valence electrons. The zero-order valence-electron chi connectivity index (χ0n) is 14.5. The Hall–Kier alpha value is -2.46. The Kier molecular flexibility index (Phi) is 5.20. The first-order chi connectivity index (χ1) is 12.8. The number of carboxylic acids is 2. The van der Waals surface area contributed by atoms with Gasteiger partial charge in [-0.25, -0.2) is 0 Å². The van der Waals surface area contributed by atoms with E-state index in [1.807, 2.05) is 0 Å². The van der Waals surface area contributed by atoms with E-state index in [2.05, 4.69) is 4.98 Å². The fourth-order valence-corrected chi connectivity index (χ4v) is 5.91. The van der Waals surface area contributed by atoms with Gasteiger partial charge < -0.3 is 24.7 Å². The number of hydrogen-bond donors (Lipinski definition) is 3. The number of benzene rings is 1. The van der Waals surface area contributed by atoms with Gasteiger partial charge in [0.15, 0.2) is 11.5 Å². The number of aliphatic carboxylic acids is 2. The highest BCUT2D eigenvalue weighted by Gasteiger charge is 2.53. The highest BCUT2D eigenvalue weighted by molar-refractivity contribution is 7.99. The number of aromatic nitrogens is 1. The molecule has 0 saturated heterocycles. The highest BCUT2D eigenvalue weighted by atomic mass is 32.2. The van der Waals surface area contributed by atoms with Gasteiger partial charge in [0.1, 0.15) is 0 Å². The molecule has 2 heterocycles. The van der Waals surface area contributed by atoms with Crippen molar-refractivity contribution < 1.29 is 29.3 Å². The number of carbonyl (C=O) groups is 2. The molecule has 3 rings (SSSR count). The van der Waals surface area contributed by atoms with Crippen LogP contribution in [-0.2, 0) is 9.59 Å². The van der Waals surface area contributed by atoms with Crippen molar-refractivity contribution in [3.05, 3.63) is 38.3 Å². The van der Waals surface area contributed by atoms with Crippen LogP contribution in [-0.4, -0.2) is 47.1 Å². The molecule has 0 unspecified atom stereocenters. The van der Waals surface area contributed by atoms with E-state index in [0.29, 0.717) is 27.0 Å². The van der Waals surface area contributed by atoms with Crippen LogP contribution in [0.3, 0.4) is 0 Å². The summed E-state index contributed by atoms with van der Waals surface area (Å²) in [6.45, 7) is 0. The molecule has 10 heteroatoms. The molecule has 3 N–H and O–H groups in total. The van der Waals surface area contributed by atoms with Crippen molar-refractivity contribution in [2.45, 2.75) is 17.4 Å². The number of hydrogen-bond acceptors (Lipinski definition) is 7. The van der Waals surface area contributed by atoms with Crippen LogP contribution < -0.4 is 14.3 Å². The quantitative estimate of drug-likeness (QED) is 0.661. The first-order valence-corrected chi connectivity index (χ1v) is 9.65. The molecule has 0 radical (unpaired) electrons. The van der Waals surface area contributed by atoms with Crippen molar-refractivity contribution in [3.63, 3.8) is 0 Å². The molecular formula is C17H17NO7S2. The standard InChI is InChI=1S/C17H17NO7S2/c1-24-9-4-3-8(5-10(9)25-2)12-13-14(18-16(23)27-13)26-7-17(12,15(21)22)6-11(19)20/h3-5,12H,6-7H2,1-2H3,(H,18,23)(H,19,20)(H,21,22)/t12-,17-/m0/s1. The van der Waals surface area contributed by atoms with Crippen molar-refractivity contribution in [2.75, 3.05) is 20.0 Å². The molecule has 2 atom stereocenters. The third-order valence-corrected chi connectivity index (χ3v) is 6.91. The van der Waals surface area contributed by atoms with Gasteiger partial charge in [-0.2, -0.15) is 0 Å². The second-order valence-electron chi connectivity index (χ2n) is 6.08. The first kappa shape index (κ1) is 19.3. The van der Waals surface area contributed by atoms with E-state index in [4.69, 9.17) is 9.47 Å². The molecule has 2 aromatic rings. The van der Waals surface area contributed by atoms with Crippen molar-refractivity contribution in [1.29, 1.82) is 0 Å². The van der Waals surface area contributed by atoms with Crippen molar-refractivity contribution >= 4 is 35.0 Å². The minimum atomic E-state index is -1.60. The van der Waals surface area contributed by atoms with Gasteiger partial charge in [-0.1, -0.05) is 17.4 Å². The fraction of sp³-hybridized carbons (Fsp3) is 0.353. The van der Waals surface area contributed by atoms with Gasteiger partial charge in [0.25, 0.3) is 0 Å². The smallest absolute Gasteiger partial charge is 0.312 e. The normalized spacial score (nSPS) is 21.3. The maximum absolute atomic E-state index is 12.3. The van der Waals surface area contributed by atoms with Crippen LogP contribution in [0.25, 0.3) is 0 Å². The molecule has 1 aliphatic rings. The van der Waals surface area contributed by atoms with E-state index in [9.17, 15) is 24.6 Å². The Morgan fingerprint density at radius 3 is 2.56 bits per heavy atom. The van der Waals surface area contributed by atoms with E-state index in [1.165, 1.54) is 14.2 Å². The lowest BCUT2D eigenvalue weighted by atomic mass is 9.70. The largest absolute Gasteiger partial charge is 0.493 e. The Morgan fingerprint density at radius 2 is 1.96 bits per heavy atom. The number of nitrogens with one attached hydrogen (secondary N) is 1. The summed E-state index contributed by atoms with van der Waals surface area (Å²) in [6.07, 6.45) is -0.570. The summed E-state index contributed by atoms with van der Waals surface area (Å²) in [5.41, 5.74) is -1.05. The predicted octanol–water partition coefficient (Wildman–Crippen LogP) is 2.24. The highest BCUT2D eigenvalue weighted by Crippen LogP contribution is 2.54. The van der Waals surface area contributed by atoms with E-state index < -0.39 is 29.7 Å². The van der Waals surface area contributed by atoms with E-state index in [1.54, 1.807) is 18.2 Å². The molecule has 0 fully saturated rings. The van der Waals surface area contributed by atoms with Gasteiger partial charge in [0, 0.05) is 16.5 Å². The van der Waals surface area contributed by atoms with E-state index in [-0.39, 0.29) is 10.6 Å². The average Bonchev–Trinajstić information content (AvgIpc) is 3.00. The number of H-pyrrole nitrogens is 1. The Bertz CT molecular complexity index is 951. The van der Waals surface area contributed by atoms with Crippen LogP contribution >= 0.6 is 23.1 Å².